The number of fused-ring (bicyclic) bond motifs is 1. The van der Waals surface area contributed by atoms with Crippen molar-refractivity contribution in [2.75, 3.05) is 18.8 Å². The molecule has 8 heteroatoms. The molecule has 2 heterocycles. The van der Waals surface area contributed by atoms with Crippen LogP contribution in [0.2, 0.25) is 0 Å². The van der Waals surface area contributed by atoms with Crippen LogP contribution in [0.5, 0.6) is 0 Å². The average Bonchev–Trinajstić information content (AvgIpc) is 2.56. The fraction of sp³-hybridized carbons (Fsp3) is 0.375. The quantitative estimate of drug-likeness (QED) is 0.783. The van der Waals surface area contributed by atoms with Gasteiger partial charge in [0.2, 0.25) is 17.8 Å². The number of guanidine groups is 1. The Morgan fingerprint density at radius 3 is 2.96 bits per heavy atom. The molecular weight excluding hydrogens is 328 g/mol. The average molecular weight is 346 g/mol. The van der Waals surface area contributed by atoms with E-state index >= 15 is 0 Å². The highest BCUT2D eigenvalue weighted by atomic mass is 32.2. The molecule has 0 unspecified atom stereocenters. The molecule has 2 aliphatic rings. The summed E-state index contributed by atoms with van der Waals surface area (Å²) in [5, 5.41) is 5.35. The van der Waals surface area contributed by atoms with Gasteiger partial charge in [0, 0.05) is 18.0 Å². The maximum absolute atomic E-state index is 12.6. The van der Waals surface area contributed by atoms with Crippen LogP contribution in [0.1, 0.15) is 23.7 Å². The summed E-state index contributed by atoms with van der Waals surface area (Å²) in [6, 6.07) is 6.64. The van der Waals surface area contributed by atoms with Crippen molar-refractivity contribution in [3.8, 4) is 0 Å². The topological polar surface area (TPSA) is 90.9 Å². The number of nitrogens with zero attached hydrogens (tertiary/aromatic N) is 2. The molecule has 0 bridgehead atoms. The minimum Gasteiger partial charge on any atom is -0.353 e. The van der Waals surface area contributed by atoms with Crippen molar-refractivity contribution in [1.82, 2.24) is 15.5 Å². The Morgan fingerprint density at radius 2 is 2.17 bits per heavy atom. The van der Waals surface area contributed by atoms with Crippen LogP contribution in [-0.4, -0.2) is 53.5 Å². The van der Waals surface area contributed by atoms with Crippen molar-refractivity contribution in [2.24, 2.45) is 4.99 Å². The number of amides is 3. The molecule has 126 valence electrons. The van der Waals surface area contributed by atoms with Crippen LogP contribution in [0.4, 0.5) is 0 Å². The number of carbonyl (C=O) groups is 3. The number of hydrogen-bond acceptors (Lipinski definition) is 4. The van der Waals surface area contributed by atoms with Crippen LogP contribution in [0, 0.1) is 0 Å². The van der Waals surface area contributed by atoms with Gasteiger partial charge in [-0.05, 0) is 17.9 Å². The van der Waals surface area contributed by atoms with Gasteiger partial charge in [0.15, 0.2) is 0 Å². The minimum atomic E-state index is -0.598. The molecule has 0 spiro atoms. The number of hydrogen-bond donors (Lipinski definition) is 2. The minimum absolute atomic E-state index is 0.0708. The first-order chi connectivity index (χ1) is 11.6. The summed E-state index contributed by atoms with van der Waals surface area (Å²) >= 11 is 1.56. The SMILES string of the molecule is CCSc1ccccc1C(=O)N=C1NC(=O)C[C@H]2C(=O)NCCN12. The monoisotopic (exact) mass is 346 g/mol. The van der Waals surface area contributed by atoms with E-state index in [1.165, 1.54) is 0 Å². The first-order valence-electron chi connectivity index (χ1n) is 7.79. The van der Waals surface area contributed by atoms with Crippen LogP contribution in [0.3, 0.4) is 0 Å². The third kappa shape index (κ3) is 3.28. The maximum Gasteiger partial charge on any atom is 0.281 e. The van der Waals surface area contributed by atoms with Crippen LogP contribution in [0.25, 0.3) is 0 Å². The fourth-order valence-electron chi connectivity index (χ4n) is 2.77. The highest BCUT2D eigenvalue weighted by Gasteiger charge is 2.38. The lowest BCUT2D eigenvalue weighted by molar-refractivity contribution is -0.133. The lowest BCUT2D eigenvalue weighted by Gasteiger charge is -2.39. The molecule has 3 rings (SSSR count). The molecule has 7 nitrogen and oxygen atoms in total. The lowest BCUT2D eigenvalue weighted by Crippen LogP contribution is -2.65. The van der Waals surface area contributed by atoms with Gasteiger partial charge >= 0.3 is 0 Å². The predicted molar refractivity (Wildman–Crippen MR) is 90.9 cm³/mol. The zero-order valence-electron chi connectivity index (χ0n) is 13.2. The van der Waals surface area contributed by atoms with Gasteiger partial charge in [-0.15, -0.1) is 11.8 Å². The Hall–Kier alpha value is -2.35. The van der Waals surface area contributed by atoms with E-state index in [0.717, 1.165) is 10.6 Å². The smallest absolute Gasteiger partial charge is 0.281 e. The Kier molecular flexibility index (Phi) is 4.84. The van der Waals surface area contributed by atoms with E-state index in [4.69, 9.17) is 0 Å². The summed E-state index contributed by atoms with van der Waals surface area (Å²) in [5.74, 6) is 0.0570. The van der Waals surface area contributed by atoms with Gasteiger partial charge < -0.3 is 10.2 Å². The van der Waals surface area contributed by atoms with Crippen molar-refractivity contribution in [1.29, 1.82) is 0 Å². The second-order valence-corrected chi connectivity index (χ2v) is 6.73. The molecule has 2 aliphatic heterocycles. The van der Waals surface area contributed by atoms with Crippen molar-refractivity contribution in [3.63, 3.8) is 0 Å². The molecule has 2 saturated heterocycles. The molecule has 2 fully saturated rings. The van der Waals surface area contributed by atoms with Gasteiger partial charge in [-0.1, -0.05) is 19.1 Å². The summed E-state index contributed by atoms with van der Waals surface area (Å²) < 4.78 is 0. The first-order valence-corrected chi connectivity index (χ1v) is 8.77. The lowest BCUT2D eigenvalue weighted by atomic mass is 10.1. The molecule has 0 saturated carbocycles. The first kappa shape index (κ1) is 16.5. The largest absolute Gasteiger partial charge is 0.353 e. The molecular formula is C16H18N4O3S. The van der Waals surface area contributed by atoms with E-state index in [-0.39, 0.29) is 24.2 Å². The van der Waals surface area contributed by atoms with E-state index in [1.54, 1.807) is 28.8 Å². The summed E-state index contributed by atoms with van der Waals surface area (Å²) in [5.41, 5.74) is 0.495. The van der Waals surface area contributed by atoms with Crippen LogP contribution < -0.4 is 10.6 Å². The normalized spacial score (nSPS) is 22.0. The highest BCUT2D eigenvalue weighted by molar-refractivity contribution is 7.99. The fourth-order valence-corrected chi connectivity index (χ4v) is 3.56. The molecule has 1 atom stereocenters. The second kappa shape index (κ2) is 7.04. The summed E-state index contributed by atoms with van der Waals surface area (Å²) in [6.45, 7) is 2.98. The molecule has 0 aliphatic carbocycles. The summed E-state index contributed by atoms with van der Waals surface area (Å²) in [6.07, 6.45) is 0.0708. The van der Waals surface area contributed by atoms with Crippen LogP contribution in [-0.2, 0) is 9.59 Å². The zero-order chi connectivity index (χ0) is 17.1. The molecule has 1 aromatic rings. The highest BCUT2D eigenvalue weighted by Crippen LogP contribution is 2.23. The number of nitrogens with one attached hydrogen (secondary N) is 2. The van der Waals surface area contributed by atoms with E-state index in [9.17, 15) is 14.4 Å². The molecule has 1 aromatic carbocycles. The number of benzene rings is 1. The number of rotatable bonds is 3. The molecule has 2 N–H and O–H groups in total. The predicted octanol–water partition coefficient (Wildman–Crippen LogP) is 0.615. The molecule has 3 amide bonds. The molecule has 0 aromatic heterocycles. The number of carbonyl (C=O) groups excluding carboxylic acids is 3. The van der Waals surface area contributed by atoms with Crippen molar-refractivity contribution < 1.29 is 14.4 Å². The van der Waals surface area contributed by atoms with Gasteiger partial charge in [-0.2, -0.15) is 4.99 Å². The second-order valence-electron chi connectivity index (χ2n) is 5.42. The number of thioether (sulfide) groups is 1. The Labute approximate surface area is 143 Å². The maximum atomic E-state index is 12.6. The van der Waals surface area contributed by atoms with Crippen molar-refractivity contribution in [2.45, 2.75) is 24.3 Å². The standard InChI is InChI=1S/C16H18N4O3S/c1-2-24-12-6-4-3-5-10(12)14(22)19-16-18-13(21)9-11-15(23)17-7-8-20(11)16/h3-6,11H,2,7-9H2,1H3,(H,17,23)(H,18,19,21,22)/t11-/m0/s1. The van der Waals surface area contributed by atoms with Gasteiger partial charge in [-0.25, -0.2) is 0 Å². The van der Waals surface area contributed by atoms with Crippen LogP contribution in [0.15, 0.2) is 34.2 Å². The van der Waals surface area contributed by atoms with E-state index < -0.39 is 11.9 Å². The third-order valence-corrected chi connectivity index (χ3v) is 4.81. The number of piperazine rings is 1. The van der Waals surface area contributed by atoms with Crippen molar-refractivity contribution >= 4 is 35.4 Å². The summed E-state index contributed by atoms with van der Waals surface area (Å²) in [4.78, 5) is 43.0. The van der Waals surface area contributed by atoms with Gasteiger partial charge in [0.05, 0.1) is 12.0 Å². The van der Waals surface area contributed by atoms with E-state index in [2.05, 4.69) is 15.6 Å². The molecule has 24 heavy (non-hydrogen) atoms. The zero-order valence-corrected chi connectivity index (χ0v) is 14.1. The van der Waals surface area contributed by atoms with E-state index in [1.807, 2.05) is 19.1 Å². The van der Waals surface area contributed by atoms with Gasteiger partial charge in [0.1, 0.15) is 6.04 Å². The van der Waals surface area contributed by atoms with Gasteiger partial charge in [0.25, 0.3) is 5.91 Å². The van der Waals surface area contributed by atoms with E-state index in [0.29, 0.717) is 18.7 Å². The Bertz CT molecular complexity index is 719. The van der Waals surface area contributed by atoms with Gasteiger partial charge in [-0.3, -0.25) is 19.7 Å². The van der Waals surface area contributed by atoms with Crippen molar-refractivity contribution in [3.05, 3.63) is 29.8 Å². The molecule has 0 radical (unpaired) electrons. The van der Waals surface area contributed by atoms with Crippen LogP contribution >= 0.6 is 11.8 Å². The third-order valence-electron chi connectivity index (χ3n) is 3.86. The summed E-state index contributed by atoms with van der Waals surface area (Å²) in [7, 11) is 0. The Balaban J connectivity index is 1.90. The Morgan fingerprint density at radius 1 is 1.38 bits per heavy atom. The number of aliphatic imine (C=N–C) groups is 1.